The van der Waals surface area contributed by atoms with Crippen LogP contribution in [-0.4, -0.2) is 24.6 Å². The molecule has 2 heterocycles. The monoisotopic (exact) mass is 295 g/mol. The van der Waals surface area contributed by atoms with Crippen LogP contribution in [0.4, 0.5) is 5.13 Å². The van der Waals surface area contributed by atoms with Crippen molar-refractivity contribution in [3.05, 3.63) is 11.1 Å². The summed E-state index contributed by atoms with van der Waals surface area (Å²) < 4.78 is 0. The number of rotatable bonds is 6. The lowest BCUT2D eigenvalue weighted by atomic mass is 9.87. The van der Waals surface area contributed by atoms with Crippen molar-refractivity contribution in [2.24, 2.45) is 11.8 Å². The first-order chi connectivity index (χ1) is 9.61. The minimum Gasteiger partial charge on any atom is -0.348 e. The third kappa shape index (κ3) is 3.95. The van der Waals surface area contributed by atoms with Gasteiger partial charge in [-0.1, -0.05) is 20.8 Å². The minimum absolute atomic E-state index is 0.369. The van der Waals surface area contributed by atoms with E-state index in [0.717, 1.165) is 18.4 Å². The number of nitrogens with zero attached hydrogens (tertiary/aromatic N) is 2. The van der Waals surface area contributed by atoms with E-state index in [1.807, 2.05) is 0 Å². The first-order valence-electron chi connectivity index (χ1n) is 8.05. The quantitative estimate of drug-likeness (QED) is 0.857. The fraction of sp³-hybridized carbons (Fsp3) is 0.812. The van der Waals surface area contributed by atoms with E-state index in [2.05, 4.69) is 43.3 Å². The topological polar surface area (TPSA) is 28.2 Å². The Morgan fingerprint density at radius 1 is 1.35 bits per heavy atom. The van der Waals surface area contributed by atoms with Crippen molar-refractivity contribution in [1.29, 1.82) is 0 Å². The van der Waals surface area contributed by atoms with E-state index in [-0.39, 0.29) is 0 Å². The molecule has 0 saturated carbocycles. The Morgan fingerprint density at radius 2 is 2.05 bits per heavy atom. The van der Waals surface area contributed by atoms with Gasteiger partial charge < -0.3 is 10.2 Å². The SMILES string of the molecule is CCCNC(C)c1csc(N2CCC(C(C)C)CC2)n1. The predicted molar refractivity (Wildman–Crippen MR) is 88.6 cm³/mol. The highest BCUT2D eigenvalue weighted by Gasteiger charge is 2.23. The first kappa shape index (κ1) is 15.8. The highest BCUT2D eigenvalue weighted by atomic mass is 32.1. The molecule has 20 heavy (non-hydrogen) atoms. The van der Waals surface area contributed by atoms with Gasteiger partial charge in [0.05, 0.1) is 5.69 Å². The predicted octanol–water partition coefficient (Wildman–Crippen LogP) is 4.08. The van der Waals surface area contributed by atoms with Gasteiger partial charge in [0.1, 0.15) is 0 Å². The van der Waals surface area contributed by atoms with E-state index in [4.69, 9.17) is 4.98 Å². The van der Waals surface area contributed by atoms with Gasteiger partial charge >= 0.3 is 0 Å². The van der Waals surface area contributed by atoms with Crippen molar-refractivity contribution in [3.8, 4) is 0 Å². The molecule has 0 spiro atoms. The molecule has 3 nitrogen and oxygen atoms in total. The summed E-state index contributed by atoms with van der Waals surface area (Å²) in [6.07, 6.45) is 3.80. The van der Waals surface area contributed by atoms with Crippen LogP contribution in [0, 0.1) is 11.8 Å². The summed E-state index contributed by atoms with van der Waals surface area (Å²) in [6, 6.07) is 0.369. The van der Waals surface area contributed by atoms with Gasteiger partial charge in [-0.25, -0.2) is 4.98 Å². The lowest BCUT2D eigenvalue weighted by molar-refractivity contribution is 0.311. The Balaban J connectivity index is 1.89. The van der Waals surface area contributed by atoms with Gasteiger partial charge in [-0.15, -0.1) is 11.3 Å². The van der Waals surface area contributed by atoms with Gasteiger partial charge in [-0.3, -0.25) is 0 Å². The van der Waals surface area contributed by atoms with Gasteiger partial charge in [0, 0.05) is 24.5 Å². The van der Waals surface area contributed by atoms with Crippen LogP contribution in [0.5, 0.6) is 0 Å². The van der Waals surface area contributed by atoms with Crippen LogP contribution in [0.1, 0.15) is 58.7 Å². The van der Waals surface area contributed by atoms with Crippen LogP contribution in [0.15, 0.2) is 5.38 Å². The second-order valence-corrected chi connectivity index (χ2v) is 7.14. The zero-order chi connectivity index (χ0) is 14.5. The normalized spacial score (nSPS) is 18.8. The third-order valence-corrected chi connectivity index (χ3v) is 5.33. The molecule has 1 atom stereocenters. The molecule has 0 amide bonds. The standard InChI is InChI=1S/C16H29N3S/c1-5-8-17-13(4)15-11-20-16(18-15)19-9-6-14(7-10-19)12(2)3/h11-14,17H,5-10H2,1-4H3. The first-order valence-corrected chi connectivity index (χ1v) is 8.93. The highest BCUT2D eigenvalue weighted by Crippen LogP contribution is 2.30. The summed E-state index contributed by atoms with van der Waals surface area (Å²) >= 11 is 1.80. The molecule has 0 radical (unpaired) electrons. The number of nitrogens with one attached hydrogen (secondary N) is 1. The van der Waals surface area contributed by atoms with Crippen LogP contribution in [-0.2, 0) is 0 Å². The van der Waals surface area contributed by atoms with Gasteiger partial charge in [0.2, 0.25) is 0 Å². The molecular formula is C16H29N3S. The molecule has 1 saturated heterocycles. The number of thiazole rings is 1. The summed E-state index contributed by atoms with van der Waals surface area (Å²) in [5.74, 6) is 1.72. The molecule has 1 aliphatic heterocycles. The number of aromatic nitrogens is 1. The molecule has 114 valence electrons. The van der Waals surface area contributed by atoms with Crippen molar-refractivity contribution >= 4 is 16.5 Å². The molecule has 2 rings (SSSR count). The minimum atomic E-state index is 0.369. The summed E-state index contributed by atoms with van der Waals surface area (Å²) in [5, 5.41) is 6.95. The zero-order valence-electron chi connectivity index (χ0n) is 13.4. The highest BCUT2D eigenvalue weighted by molar-refractivity contribution is 7.13. The van der Waals surface area contributed by atoms with E-state index in [9.17, 15) is 0 Å². The smallest absolute Gasteiger partial charge is 0.185 e. The summed E-state index contributed by atoms with van der Waals surface area (Å²) in [7, 11) is 0. The fourth-order valence-electron chi connectivity index (χ4n) is 2.84. The maximum atomic E-state index is 4.84. The molecule has 4 heteroatoms. The summed E-state index contributed by atoms with van der Waals surface area (Å²) in [6.45, 7) is 12.5. The maximum absolute atomic E-state index is 4.84. The molecular weight excluding hydrogens is 266 g/mol. The second-order valence-electron chi connectivity index (χ2n) is 6.30. The summed E-state index contributed by atoms with van der Waals surface area (Å²) in [4.78, 5) is 7.31. The van der Waals surface area contributed by atoms with E-state index in [0.29, 0.717) is 6.04 Å². The number of hydrogen-bond acceptors (Lipinski definition) is 4. The van der Waals surface area contributed by atoms with E-state index in [1.54, 1.807) is 11.3 Å². The number of hydrogen-bond donors (Lipinski definition) is 1. The molecule has 0 aromatic carbocycles. The largest absolute Gasteiger partial charge is 0.348 e. The number of anilines is 1. The fourth-order valence-corrected chi connectivity index (χ4v) is 3.82. The lowest BCUT2D eigenvalue weighted by Gasteiger charge is -2.33. The zero-order valence-corrected chi connectivity index (χ0v) is 14.2. The molecule has 1 aliphatic rings. The van der Waals surface area contributed by atoms with Crippen molar-refractivity contribution in [2.75, 3.05) is 24.5 Å². The second kappa shape index (κ2) is 7.41. The van der Waals surface area contributed by atoms with E-state index in [1.165, 1.54) is 43.2 Å². The molecule has 1 unspecified atom stereocenters. The maximum Gasteiger partial charge on any atom is 0.185 e. The third-order valence-electron chi connectivity index (χ3n) is 4.41. The Hall–Kier alpha value is -0.610. The molecule has 0 aliphatic carbocycles. The van der Waals surface area contributed by atoms with Gasteiger partial charge in [-0.2, -0.15) is 0 Å². The molecule has 1 fully saturated rings. The lowest BCUT2D eigenvalue weighted by Crippen LogP contribution is -2.35. The Bertz CT molecular complexity index is 394. The average molecular weight is 295 g/mol. The van der Waals surface area contributed by atoms with E-state index < -0.39 is 0 Å². The van der Waals surface area contributed by atoms with Crippen LogP contribution in [0.2, 0.25) is 0 Å². The summed E-state index contributed by atoms with van der Waals surface area (Å²) in [5.41, 5.74) is 1.20. The molecule has 1 N–H and O–H groups in total. The Morgan fingerprint density at radius 3 is 2.65 bits per heavy atom. The number of piperidine rings is 1. The van der Waals surface area contributed by atoms with Crippen molar-refractivity contribution in [1.82, 2.24) is 10.3 Å². The van der Waals surface area contributed by atoms with E-state index >= 15 is 0 Å². The van der Waals surface area contributed by atoms with Crippen molar-refractivity contribution in [2.45, 2.75) is 53.0 Å². The Kier molecular flexibility index (Phi) is 5.85. The van der Waals surface area contributed by atoms with Crippen molar-refractivity contribution < 1.29 is 0 Å². The van der Waals surface area contributed by atoms with Crippen LogP contribution in [0.25, 0.3) is 0 Å². The van der Waals surface area contributed by atoms with Gasteiger partial charge in [-0.05, 0) is 44.6 Å². The van der Waals surface area contributed by atoms with Crippen LogP contribution < -0.4 is 10.2 Å². The average Bonchev–Trinajstić information content (AvgIpc) is 2.94. The Labute approximate surface area is 127 Å². The van der Waals surface area contributed by atoms with Crippen molar-refractivity contribution in [3.63, 3.8) is 0 Å². The van der Waals surface area contributed by atoms with Crippen LogP contribution in [0.3, 0.4) is 0 Å². The molecule has 1 aromatic rings. The molecule has 0 bridgehead atoms. The van der Waals surface area contributed by atoms with Gasteiger partial charge in [0.15, 0.2) is 5.13 Å². The van der Waals surface area contributed by atoms with Crippen LogP contribution >= 0.6 is 11.3 Å². The van der Waals surface area contributed by atoms with Gasteiger partial charge in [0.25, 0.3) is 0 Å². The molecule has 1 aromatic heterocycles.